The van der Waals surface area contributed by atoms with Gasteiger partial charge < -0.3 is 15.4 Å². The van der Waals surface area contributed by atoms with Crippen LogP contribution in [0.3, 0.4) is 0 Å². The monoisotopic (exact) mass is 290 g/mol. The van der Waals surface area contributed by atoms with Gasteiger partial charge in [-0.2, -0.15) is 0 Å². The molecule has 1 aromatic carbocycles. The van der Waals surface area contributed by atoms with Gasteiger partial charge in [-0.15, -0.1) is 0 Å². The van der Waals surface area contributed by atoms with Crippen LogP contribution in [0.4, 0.5) is 0 Å². The molecule has 1 aliphatic carbocycles. The Morgan fingerprint density at radius 3 is 2.48 bits per heavy atom. The van der Waals surface area contributed by atoms with Gasteiger partial charge in [0.1, 0.15) is 0 Å². The fourth-order valence-corrected chi connectivity index (χ4v) is 2.62. The summed E-state index contributed by atoms with van der Waals surface area (Å²) in [6.45, 7) is 9.53. The number of nitrogens with one attached hydrogen (secondary N) is 2. The molecule has 1 unspecified atom stereocenters. The number of hydrogen-bond donors (Lipinski definition) is 2. The minimum Gasteiger partial charge on any atom is -0.374 e. The number of ether oxygens (including phenoxy) is 1. The largest absolute Gasteiger partial charge is 0.374 e. The van der Waals surface area contributed by atoms with Gasteiger partial charge in [-0.25, -0.2) is 0 Å². The van der Waals surface area contributed by atoms with Crippen LogP contribution in [0.5, 0.6) is 0 Å². The highest BCUT2D eigenvalue weighted by Gasteiger charge is 2.29. The lowest BCUT2D eigenvalue weighted by Crippen LogP contribution is -2.44. The Hall–Kier alpha value is -0.900. The summed E-state index contributed by atoms with van der Waals surface area (Å²) < 4.78 is 5.94. The lowest BCUT2D eigenvalue weighted by molar-refractivity contribution is -0.0399. The molecule has 0 amide bonds. The van der Waals surface area contributed by atoms with Gasteiger partial charge in [-0.1, -0.05) is 44.2 Å². The second kappa shape index (κ2) is 8.52. The van der Waals surface area contributed by atoms with E-state index in [9.17, 15) is 0 Å². The molecule has 3 heteroatoms. The zero-order chi connectivity index (χ0) is 15.1. The number of hydrogen-bond acceptors (Lipinski definition) is 3. The van der Waals surface area contributed by atoms with E-state index in [2.05, 4.69) is 55.7 Å². The predicted molar refractivity (Wildman–Crippen MR) is 88.3 cm³/mol. The summed E-state index contributed by atoms with van der Waals surface area (Å²) >= 11 is 0. The molecule has 0 spiro atoms. The molecule has 21 heavy (non-hydrogen) atoms. The van der Waals surface area contributed by atoms with E-state index in [0.717, 1.165) is 25.6 Å². The molecule has 1 fully saturated rings. The Balaban J connectivity index is 1.51. The van der Waals surface area contributed by atoms with E-state index in [1.54, 1.807) is 0 Å². The SMILES string of the molecule is CC(C)NCC(C)NCC1CC(OCc2ccccc2)C1. The van der Waals surface area contributed by atoms with Crippen LogP contribution in [0, 0.1) is 5.92 Å². The highest BCUT2D eigenvalue weighted by Crippen LogP contribution is 2.30. The van der Waals surface area contributed by atoms with Crippen LogP contribution in [0.2, 0.25) is 0 Å². The molecule has 0 heterocycles. The van der Waals surface area contributed by atoms with Gasteiger partial charge in [-0.3, -0.25) is 0 Å². The Morgan fingerprint density at radius 1 is 1.10 bits per heavy atom. The molecule has 0 aliphatic heterocycles. The van der Waals surface area contributed by atoms with Crippen molar-refractivity contribution in [3.63, 3.8) is 0 Å². The van der Waals surface area contributed by atoms with E-state index in [1.807, 2.05) is 6.07 Å². The van der Waals surface area contributed by atoms with Crippen LogP contribution in [-0.4, -0.2) is 31.3 Å². The predicted octanol–water partition coefficient (Wildman–Crippen LogP) is 2.96. The molecule has 0 saturated heterocycles. The van der Waals surface area contributed by atoms with Crippen LogP contribution < -0.4 is 10.6 Å². The van der Waals surface area contributed by atoms with Gasteiger partial charge in [0.2, 0.25) is 0 Å². The molecular formula is C18H30N2O. The first-order valence-corrected chi connectivity index (χ1v) is 8.25. The van der Waals surface area contributed by atoms with Crippen molar-refractivity contribution in [2.24, 2.45) is 5.92 Å². The molecule has 0 bridgehead atoms. The molecule has 1 saturated carbocycles. The summed E-state index contributed by atoms with van der Waals surface area (Å²) in [7, 11) is 0. The summed E-state index contributed by atoms with van der Waals surface area (Å²) in [5.74, 6) is 0.785. The van der Waals surface area contributed by atoms with E-state index >= 15 is 0 Å². The van der Waals surface area contributed by atoms with E-state index in [0.29, 0.717) is 18.2 Å². The standard InChI is InChI=1S/C18H30N2O/c1-14(2)19-11-15(3)20-12-17-9-18(10-17)21-13-16-7-5-4-6-8-16/h4-8,14-15,17-20H,9-13H2,1-3H3. The third kappa shape index (κ3) is 6.16. The minimum atomic E-state index is 0.459. The van der Waals surface area contributed by atoms with Crippen molar-refractivity contribution in [2.45, 2.75) is 58.4 Å². The van der Waals surface area contributed by atoms with Crippen LogP contribution >= 0.6 is 0 Å². The number of rotatable bonds is 9. The zero-order valence-electron chi connectivity index (χ0n) is 13.6. The van der Waals surface area contributed by atoms with E-state index in [4.69, 9.17) is 4.74 Å². The number of benzene rings is 1. The minimum absolute atomic E-state index is 0.459. The van der Waals surface area contributed by atoms with Gasteiger partial charge in [0, 0.05) is 18.6 Å². The fourth-order valence-electron chi connectivity index (χ4n) is 2.62. The van der Waals surface area contributed by atoms with Crippen LogP contribution in [0.1, 0.15) is 39.2 Å². The maximum atomic E-state index is 5.94. The highest BCUT2D eigenvalue weighted by atomic mass is 16.5. The Labute approximate surface area is 129 Å². The second-order valence-corrected chi connectivity index (χ2v) is 6.63. The van der Waals surface area contributed by atoms with E-state index < -0.39 is 0 Å². The molecule has 2 rings (SSSR count). The third-order valence-electron chi connectivity index (χ3n) is 4.11. The summed E-state index contributed by atoms with van der Waals surface area (Å²) in [5, 5.41) is 7.08. The van der Waals surface area contributed by atoms with Crippen LogP contribution in [0.15, 0.2) is 30.3 Å². The highest BCUT2D eigenvalue weighted by molar-refractivity contribution is 5.13. The van der Waals surface area contributed by atoms with E-state index in [-0.39, 0.29) is 0 Å². The molecule has 1 aliphatic rings. The Kier molecular flexibility index (Phi) is 6.68. The second-order valence-electron chi connectivity index (χ2n) is 6.63. The smallest absolute Gasteiger partial charge is 0.0720 e. The van der Waals surface area contributed by atoms with Gasteiger partial charge in [0.05, 0.1) is 12.7 Å². The molecule has 0 aromatic heterocycles. The van der Waals surface area contributed by atoms with Crippen molar-refractivity contribution in [2.75, 3.05) is 13.1 Å². The van der Waals surface area contributed by atoms with E-state index in [1.165, 1.54) is 18.4 Å². The first-order chi connectivity index (χ1) is 10.1. The van der Waals surface area contributed by atoms with Crippen molar-refractivity contribution >= 4 is 0 Å². The Morgan fingerprint density at radius 2 is 1.81 bits per heavy atom. The van der Waals surface area contributed by atoms with Crippen LogP contribution in [-0.2, 0) is 11.3 Å². The molecule has 118 valence electrons. The molecule has 3 nitrogen and oxygen atoms in total. The van der Waals surface area contributed by atoms with Crippen LogP contribution in [0.25, 0.3) is 0 Å². The third-order valence-corrected chi connectivity index (χ3v) is 4.11. The van der Waals surface area contributed by atoms with Gasteiger partial charge in [0.25, 0.3) is 0 Å². The first kappa shape index (κ1) is 16.5. The zero-order valence-corrected chi connectivity index (χ0v) is 13.6. The topological polar surface area (TPSA) is 33.3 Å². The average Bonchev–Trinajstić information content (AvgIpc) is 2.44. The first-order valence-electron chi connectivity index (χ1n) is 8.25. The van der Waals surface area contributed by atoms with Crippen molar-refractivity contribution in [1.29, 1.82) is 0 Å². The summed E-state index contributed by atoms with van der Waals surface area (Å²) in [6, 6.07) is 11.5. The maximum absolute atomic E-state index is 5.94. The summed E-state index contributed by atoms with van der Waals surface area (Å²) in [5.41, 5.74) is 1.27. The Bertz CT molecular complexity index is 387. The lowest BCUT2D eigenvalue weighted by atomic mass is 9.82. The molecule has 2 N–H and O–H groups in total. The maximum Gasteiger partial charge on any atom is 0.0720 e. The van der Waals surface area contributed by atoms with Crippen molar-refractivity contribution in [3.05, 3.63) is 35.9 Å². The quantitative estimate of drug-likeness (QED) is 0.733. The lowest BCUT2D eigenvalue weighted by Gasteiger charge is -2.36. The normalized spacial score (nSPS) is 23.0. The van der Waals surface area contributed by atoms with Gasteiger partial charge in [0.15, 0.2) is 0 Å². The van der Waals surface area contributed by atoms with Crippen molar-refractivity contribution in [3.8, 4) is 0 Å². The molecular weight excluding hydrogens is 260 g/mol. The van der Waals surface area contributed by atoms with Gasteiger partial charge in [-0.05, 0) is 37.8 Å². The van der Waals surface area contributed by atoms with Gasteiger partial charge >= 0.3 is 0 Å². The molecule has 0 radical (unpaired) electrons. The van der Waals surface area contributed by atoms with Crippen molar-refractivity contribution < 1.29 is 4.74 Å². The molecule has 1 atom stereocenters. The molecule has 1 aromatic rings. The summed E-state index contributed by atoms with van der Waals surface area (Å²) in [6.07, 6.45) is 2.86. The average molecular weight is 290 g/mol. The summed E-state index contributed by atoms with van der Waals surface area (Å²) in [4.78, 5) is 0. The van der Waals surface area contributed by atoms with Crippen molar-refractivity contribution in [1.82, 2.24) is 10.6 Å². The fraction of sp³-hybridized carbons (Fsp3) is 0.667.